The molecule has 0 bridgehead atoms. The van der Waals surface area contributed by atoms with E-state index in [1.807, 2.05) is 38.6 Å². The summed E-state index contributed by atoms with van der Waals surface area (Å²) in [6.45, 7) is 11.0. The van der Waals surface area contributed by atoms with E-state index in [-0.39, 0.29) is 0 Å². The highest BCUT2D eigenvalue weighted by molar-refractivity contribution is 5.10. The van der Waals surface area contributed by atoms with E-state index >= 15 is 0 Å². The minimum Gasteiger partial charge on any atom is -0.249 e. The lowest BCUT2D eigenvalue weighted by molar-refractivity contribution is 0.598. The standard InChI is InChI=1S/C7H11N3.2C2H6/c1-2-10-7(5-8-9-10)6-3-4-6;2*1-2/h5-6H,2-4H2,1H3;2*1-2H3. The largest absolute Gasteiger partial charge is 0.249 e. The summed E-state index contributed by atoms with van der Waals surface area (Å²) >= 11 is 0. The van der Waals surface area contributed by atoms with Crippen LogP contribution in [0.4, 0.5) is 0 Å². The molecule has 1 aliphatic carbocycles. The summed E-state index contributed by atoms with van der Waals surface area (Å²) in [4.78, 5) is 0. The zero-order valence-electron chi connectivity index (χ0n) is 10.1. The molecular weight excluding hydrogens is 174 g/mol. The van der Waals surface area contributed by atoms with Crippen LogP contribution in [0.25, 0.3) is 0 Å². The highest BCUT2D eigenvalue weighted by atomic mass is 15.4. The molecule has 14 heavy (non-hydrogen) atoms. The van der Waals surface area contributed by atoms with Crippen LogP contribution in [0.5, 0.6) is 0 Å². The van der Waals surface area contributed by atoms with Gasteiger partial charge in [0.2, 0.25) is 0 Å². The molecule has 0 atom stereocenters. The second-order valence-corrected chi connectivity index (χ2v) is 2.75. The third kappa shape index (κ3) is 3.48. The van der Waals surface area contributed by atoms with Gasteiger partial charge in [0.1, 0.15) is 0 Å². The van der Waals surface area contributed by atoms with E-state index in [1.54, 1.807) is 0 Å². The SMILES string of the molecule is CC.CC.CCn1nncc1C1CC1. The Bertz CT molecular complexity index is 226. The van der Waals surface area contributed by atoms with Gasteiger partial charge in [-0.1, -0.05) is 32.9 Å². The molecule has 3 nitrogen and oxygen atoms in total. The quantitative estimate of drug-likeness (QED) is 0.728. The fourth-order valence-corrected chi connectivity index (χ4v) is 1.21. The number of hydrogen-bond donors (Lipinski definition) is 0. The Morgan fingerprint density at radius 3 is 2.29 bits per heavy atom. The summed E-state index contributed by atoms with van der Waals surface area (Å²) in [5.74, 6) is 0.773. The van der Waals surface area contributed by atoms with Crippen molar-refractivity contribution in [3.8, 4) is 0 Å². The maximum Gasteiger partial charge on any atom is 0.0728 e. The maximum atomic E-state index is 3.96. The number of aryl methyl sites for hydroxylation is 1. The third-order valence-corrected chi connectivity index (χ3v) is 1.94. The second-order valence-electron chi connectivity index (χ2n) is 2.75. The van der Waals surface area contributed by atoms with Crippen LogP contribution in [0, 0.1) is 0 Å². The van der Waals surface area contributed by atoms with Crippen LogP contribution in [-0.4, -0.2) is 15.0 Å². The molecule has 0 saturated heterocycles. The number of nitrogens with zero attached hydrogens (tertiary/aromatic N) is 3. The first-order valence-corrected chi connectivity index (χ1v) is 5.80. The molecule has 82 valence electrons. The molecule has 1 fully saturated rings. The highest BCUT2D eigenvalue weighted by Gasteiger charge is 2.26. The Labute approximate surface area is 87.5 Å². The minimum absolute atomic E-state index is 0.773. The summed E-state index contributed by atoms with van der Waals surface area (Å²) in [6.07, 6.45) is 4.54. The van der Waals surface area contributed by atoms with E-state index in [9.17, 15) is 0 Å². The van der Waals surface area contributed by atoms with Gasteiger partial charge in [-0.15, -0.1) is 5.10 Å². The van der Waals surface area contributed by atoms with Gasteiger partial charge in [0, 0.05) is 12.5 Å². The predicted octanol–water partition coefficient (Wildman–Crippen LogP) is 3.23. The van der Waals surface area contributed by atoms with Gasteiger partial charge < -0.3 is 0 Å². The van der Waals surface area contributed by atoms with E-state index in [0.717, 1.165) is 12.5 Å². The molecule has 1 heterocycles. The molecular formula is C11H23N3. The van der Waals surface area contributed by atoms with Gasteiger partial charge >= 0.3 is 0 Å². The first kappa shape index (κ1) is 13.1. The zero-order valence-corrected chi connectivity index (χ0v) is 10.1. The van der Waals surface area contributed by atoms with Crippen LogP contribution >= 0.6 is 0 Å². The van der Waals surface area contributed by atoms with Crippen molar-refractivity contribution >= 4 is 0 Å². The minimum atomic E-state index is 0.773. The van der Waals surface area contributed by atoms with Crippen LogP contribution in [0.15, 0.2) is 6.20 Å². The topological polar surface area (TPSA) is 30.7 Å². The van der Waals surface area contributed by atoms with Crippen molar-refractivity contribution in [2.45, 2.75) is 59.9 Å². The van der Waals surface area contributed by atoms with Crippen molar-refractivity contribution in [1.29, 1.82) is 0 Å². The van der Waals surface area contributed by atoms with E-state index in [1.165, 1.54) is 18.5 Å². The lowest BCUT2D eigenvalue weighted by Gasteiger charge is -1.98. The van der Waals surface area contributed by atoms with Gasteiger partial charge in [0.25, 0.3) is 0 Å². The number of hydrogen-bond acceptors (Lipinski definition) is 2. The Balaban J connectivity index is 0.000000379. The summed E-state index contributed by atoms with van der Waals surface area (Å²) < 4.78 is 1.98. The molecule has 0 amide bonds. The molecule has 0 radical (unpaired) electrons. The van der Waals surface area contributed by atoms with Crippen molar-refractivity contribution in [3.63, 3.8) is 0 Å². The molecule has 0 unspecified atom stereocenters. The average Bonchev–Trinajstić information content (AvgIpc) is 3.02. The Hall–Kier alpha value is -0.860. The van der Waals surface area contributed by atoms with Gasteiger partial charge in [0.05, 0.1) is 11.9 Å². The van der Waals surface area contributed by atoms with Crippen molar-refractivity contribution in [2.75, 3.05) is 0 Å². The molecule has 0 N–H and O–H groups in total. The van der Waals surface area contributed by atoms with E-state index in [2.05, 4.69) is 17.2 Å². The summed E-state index contributed by atoms with van der Waals surface area (Å²) in [6, 6.07) is 0. The van der Waals surface area contributed by atoms with Crippen LogP contribution < -0.4 is 0 Å². The van der Waals surface area contributed by atoms with Gasteiger partial charge in [0.15, 0.2) is 0 Å². The summed E-state index contributed by atoms with van der Waals surface area (Å²) in [5, 5.41) is 7.83. The molecule has 0 spiro atoms. The predicted molar refractivity (Wildman–Crippen MR) is 60.4 cm³/mol. The van der Waals surface area contributed by atoms with Crippen molar-refractivity contribution in [1.82, 2.24) is 15.0 Å². The van der Waals surface area contributed by atoms with Crippen LogP contribution in [0.3, 0.4) is 0 Å². The first-order valence-electron chi connectivity index (χ1n) is 5.80. The van der Waals surface area contributed by atoms with E-state index in [4.69, 9.17) is 0 Å². The summed E-state index contributed by atoms with van der Waals surface area (Å²) in [5.41, 5.74) is 1.32. The number of aromatic nitrogens is 3. The van der Waals surface area contributed by atoms with Crippen molar-refractivity contribution in [2.24, 2.45) is 0 Å². The van der Waals surface area contributed by atoms with Gasteiger partial charge in [-0.3, -0.25) is 0 Å². The molecule has 1 aromatic rings. The highest BCUT2D eigenvalue weighted by Crippen LogP contribution is 2.39. The monoisotopic (exact) mass is 197 g/mol. The Morgan fingerprint density at radius 1 is 1.29 bits per heavy atom. The normalized spacial score (nSPS) is 13.5. The smallest absolute Gasteiger partial charge is 0.0728 e. The van der Waals surface area contributed by atoms with E-state index < -0.39 is 0 Å². The molecule has 2 rings (SSSR count). The fraction of sp³-hybridized carbons (Fsp3) is 0.818. The molecule has 1 aliphatic rings. The molecule has 1 aromatic heterocycles. The molecule has 0 aliphatic heterocycles. The molecule has 3 heteroatoms. The fourth-order valence-electron chi connectivity index (χ4n) is 1.21. The van der Waals surface area contributed by atoms with Gasteiger partial charge in [-0.25, -0.2) is 4.68 Å². The van der Waals surface area contributed by atoms with Gasteiger partial charge in [-0.2, -0.15) is 0 Å². The summed E-state index contributed by atoms with van der Waals surface area (Å²) in [7, 11) is 0. The average molecular weight is 197 g/mol. The van der Waals surface area contributed by atoms with Crippen molar-refractivity contribution < 1.29 is 0 Å². The maximum absolute atomic E-state index is 3.96. The zero-order chi connectivity index (χ0) is 11.0. The Morgan fingerprint density at radius 2 is 1.86 bits per heavy atom. The van der Waals surface area contributed by atoms with Crippen LogP contribution in [0.1, 0.15) is 59.1 Å². The van der Waals surface area contributed by atoms with Crippen molar-refractivity contribution in [3.05, 3.63) is 11.9 Å². The molecule has 0 aromatic carbocycles. The molecule has 1 saturated carbocycles. The van der Waals surface area contributed by atoms with Crippen LogP contribution in [-0.2, 0) is 6.54 Å². The van der Waals surface area contributed by atoms with Gasteiger partial charge in [-0.05, 0) is 19.8 Å². The Kier molecular flexibility index (Phi) is 7.07. The number of rotatable bonds is 2. The van der Waals surface area contributed by atoms with Crippen LogP contribution in [0.2, 0.25) is 0 Å². The first-order chi connectivity index (χ1) is 6.92. The lowest BCUT2D eigenvalue weighted by Crippen LogP contribution is -2.00. The third-order valence-electron chi connectivity index (χ3n) is 1.94. The van der Waals surface area contributed by atoms with E-state index in [0.29, 0.717) is 0 Å². The lowest BCUT2D eigenvalue weighted by atomic mass is 10.3. The second kappa shape index (κ2) is 7.54.